The molecule has 1 aromatic rings. The van der Waals surface area contributed by atoms with E-state index < -0.39 is 0 Å². The molecular weight excluding hydrogens is 248 g/mol. The number of hydrogen-bond donors (Lipinski definition) is 0. The normalized spacial score (nSPS) is 18.4. The molecule has 0 spiro atoms. The van der Waals surface area contributed by atoms with Crippen molar-refractivity contribution in [2.75, 3.05) is 22.9 Å². The number of rotatable bonds is 4. The number of anilines is 2. The number of carbonyl (C=O) groups excluding carboxylic acids is 1. The van der Waals surface area contributed by atoms with E-state index in [1.165, 1.54) is 18.5 Å². The Morgan fingerprint density at radius 3 is 2.40 bits per heavy atom. The highest BCUT2D eigenvalue weighted by Crippen LogP contribution is 2.40. The molecule has 0 radical (unpaired) electrons. The average molecular weight is 272 g/mol. The van der Waals surface area contributed by atoms with Crippen molar-refractivity contribution in [3.8, 4) is 0 Å². The monoisotopic (exact) mass is 272 g/mol. The SMILES string of the molecule is CCC(CC)C(=O)N1CCN(C2CC2)c2ccccc21. The molecule has 0 unspecified atom stereocenters. The molecule has 0 aromatic heterocycles. The standard InChI is InChI=1S/C17H24N2O/c1-3-13(4-2)17(20)19-12-11-18(14-9-10-14)15-7-5-6-8-16(15)19/h5-8,13-14H,3-4,9-12H2,1-2H3. The average Bonchev–Trinajstić information content (AvgIpc) is 3.32. The van der Waals surface area contributed by atoms with E-state index in [-0.39, 0.29) is 5.92 Å². The molecule has 0 saturated heterocycles. The molecule has 1 amide bonds. The molecule has 1 aliphatic carbocycles. The number of para-hydroxylation sites is 2. The number of hydrogen-bond acceptors (Lipinski definition) is 2. The maximum absolute atomic E-state index is 12.7. The molecule has 0 bridgehead atoms. The van der Waals surface area contributed by atoms with E-state index in [2.05, 4.69) is 36.9 Å². The van der Waals surface area contributed by atoms with Gasteiger partial charge in [-0.1, -0.05) is 26.0 Å². The van der Waals surface area contributed by atoms with Crippen LogP contribution in [0.2, 0.25) is 0 Å². The largest absolute Gasteiger partial charge is 0.365 e. The molecule has 108 valence electrons. The summed E-state index contributed by atoms with van der Waals surface area (Å²) in [5, 5.41) is 0. The van der Waals surface area contributed by atoms with Crippen molar-refractivity contribution in [1.29, 1.82) is 0 Å². The highest BCUT2D eigenvalue weighted by atomic mass is 16.2. The van der Waals surface area contributed by atoms with Gasteiger partial charge in [0, 0.05) is 25.0 Å². The summed E-state index contributed by atoms with van der Waals surface area (Å²) in [5.41, 5.74) is 2.36. The van der Waals surface area contributed by atoms with Crippen LogP contribution in [0.4, 0.5) is 11.4 Å². The van der Waals surface area contributed by atoms with Crippen molar-refractivity contribution >= 4 is 17.3 Å². The van der Waals surface area contributed by atoms with Gasteiger partial charge >= 0.3 is 0 Å². The zero-order valence-electron chi connectivity index (χ0n) is 12.5. The van der Waals surface area contributed by atoms with Crippen LogP contribution in [0.25, 0.3) is 0 Å². The van der Waals surface area contributed by atoms with Crippen LogP contribution in [0.1, 0.15) is 39.5 Å². The summed E-state index contributed by atoms with van der Waals surface area (Å²) in [7, 11) is 0. The van der Waals surface area contributed by atoms with Crippen molar-refractivity contribution < 1.29 is 4.79 Å². The first-order valence-electron chi connectivity index (χ1n) is 7.93. The Morgan fingerprint density at radius 1 is 1.15 bits per heavy atom. The van der Waals surface area contributed by atoms with Crippen molar-refractivity contribution in [2.45, 2.75) is 45.6 Å². The fraction of sp³-hybridized carbons (Fsp3) is 0.588. The van der Waals surface area contributed by atoms with Gasteiger partial charge in [0.25, 0.3) is 0 Å². The van der Waals surface area contributed by atoms with Crippen molar-refractivity contribution in [1.82, 2.24) is 0 Å². The lowest BCUT2D eigenvalue weighted by molar-refractivity contribution is -0.122. The third kappa shape index (κ3) is 2.30. The van der Waals surface area contributed by atoms with Crippen LogP contribution in [0.3, 0.4) is 0 Å². The Morgan fingerprint density at radius 2 is 1.80 bits per heavy atom. The Kier molecular flexibility index (Phi) is 3.68. The van der Waals surface area contributed by atoms with Gasteiger partial charge in [-0.05, 0) is 37.8 Å². The van der Waals surface area contributed by atoms with Gasteiger partial charge in [0.2, 0.25) is 5.91 Å². The second kappa shape index (κ2) is 5.47. The summed E-state index contributed by atoms with van der Waals surface area (Å²) in [6.45, 7) is 6.03. The minimum absolute atomic E-state index is 0.163. The van der Waals surface area contributed by atoms with E-state index in [4.69, 9.17) is 0 Å². The fourth-order valence-electron chi connectivity index (χ4n) is 3.24. The van der Waals surface area contributed by atoms with Gasteiger partial charge < -0.3 is 9.80 Å². The maximum Gasteiger partial charge on any atom is 0.230 e. The summed E-state index contributed by atoms with van der Waals surface area (Å²) in [6, 6.07) is 9.10. The quantitative estimate of drug-likeness (QED) is 0.838. The molecule has 0 atom stereocenters. The molecule has 3 rings (SSSR count). The van der Waals surface area contributed by atoms with Gasteiger partial charge in [0.15, 0.2) is 0 Å². The second-order valence-electron chi connectivity index (χ2n) is 5.92. The highest BCUT2D eigenvalue weighted by molar-refractivity contribution is 5.99. The van der Waals surface area contributed by atoms with Gasteiger partial charge in [-0.2, -0.15) is 0 Å². The van der Waals surface area contributed by atoms with Crippen LogP contribution in [-0.2, 0) is 4.79 Å². The minimum Gasteiger partial charge on any atom is -0.365 e. The Hall–Kier alpha value is -1.51. The molecule has 2 aliphatic rings. The number of fused-ring (bicyclic) bond motifs is 1. The zero-order chi connectivity index (χ0) is 14.1. The third-order valence-electron chi connectivity index (χ3n) is 4.63. The van der Waals surface area contributed by atoms with Crippen LogP contribution in [-0.4, -0.2) is 25.0 Å². The van der Waals surface area contributed by atoms with E-state index in [0.717, 1.165) is 31.6 Å². The molecule has 3 nitrogen and oxygen atoms in total. The van der Waals surface area contributed by atoms with Crippen molar-refractivity contribution in [3.05, 3.63) is 24.3 Å². The van der Waals surface area contributed by atoms with Gasteiger partial charge in [-0.3, -0.25) is 4.79 Å². The Balaban J connectivity index is 1.90. The molecule has 20 heavy (non-hydrogen) atoms. The fourth-order valence-corrected chi connectivity index (χ4v) is 3.24. The predicted octanol–water partition coefficient (Wildman–Crippen LogP) is 3.44. The maximum atomic E-state index is 12.7. The Bertz CT molecular complexity index is 492. The number of amides is 1. The zero-order valence-corrected chi connectivity index (χ0v) is 12.5. The Labute approximate surface area is 121 Å². The van der Waals surface area contributed by atoms with E-state index >= 15 is 0 Å². The molecule has 0 N–H and O–H groups in total. The van der Waals surface area contributed by atoms with Gasteiger partial charge in [-0.15, -0.1) is 0 Å². The summed E-state index contributed by atoms with van der Waals surface area (Å²) in [6.07, 6.45) is 4.46. The van der Waals surface area contributed by atoms with E-state index in [1.54, 1.807) is 0 Å². The predicted molar refractivity (Wildman–Crippen MR) is 83.2 cm³/mol. The molecule has 1 saturated carbocycles. The van der Waals surface area contributed by atoms with Crippen LogP contribution >= 0.6 is 0 Å². The van der Waals surface area contributed by atoms with Gasteiger partial charge in [-0.25, -0.2) is 0 Å². The number of benzene rings is 1. The summed E-state index contributed by atoms with van der Waals surface area (Å²) in [5.74, 6) is 0.466. The van der Waals surface area contributed by atoms with Crippen molar-refractivity contribution in [3.63, 3.8) is 0 Å². The topological polar surface area (TPSA) is 23.6 Å². The lowest BCUT2D eigenvalue weighted by Crippen LogP contribution is -2.46. The molecule has 1 aliphatic heterocycles. The third-order valence-corrected chi connectivity index (χ3v) is 4.63. The first-order valence-corrected chi connectivity index (χ1v) is 7.93. The molecule has 1 heterocycles. The number of nitrogens with zero attached hydrogens (tertiary/aromatic N) is 2. The molecule has 3 heteroatoms. The molecule has 1 fully saturated rings. The first kappa shape index (κ1) is 13.5. The van der Waals surface area contributed by atoms with E-state index in [1.807, 2.05) is 11.0 Å². The van der Waals surface area contributed by atoms with Gasteiger partial charge in [0.1, 0.15) is 0 Å². The van der Waals surface area contributed by atoms with E-state index in [0.29, 0.717) is 11.9 Å². The first-order chi connectivity index (χ1) is 9.76. The summed E-state index contributed by atoms with van der Waals surface area (Å²) >= 11 is 0. The summed E-state index contributed by atoms with van der Waals surface area (Å²) < 4.78 is 0. The minimum atomic E-state index is 0.163. The van der Waals surface area contributed by atoms with Crippen LogP contribution in [0.15, 0.2) is 24.3 Å². The van der Waals surface area contributed by atoms with Crippen molar-refractivity contribution in [2.24, 2.45) is 5.92 Å². The molecule has 1 aromatic carbocycles. The lowest BCUT2D eigenvalue weighted by atomic mass is 10.0. The molecular formula is C17H24N2O. The van der Waals surface area contributed by atoms with Gasteiger partial charge in [0.05, 0.1) is 11.4 Å². The van der Waals surface area contributed by atoms with E-state index in [9.17, 15) is 4.79 Å². The number of carbonyl (C=O) groups is 1. The highest BCUT2D eigenvalue weighted by Gasteiger charge is 2.36. The summed E-state index contributed by atoms with van der Waals surface area (Å²) in [4.78, 5) is 17.2. The lowest BCUT2D eigenvalue weighted by Gasteiger charge is -2.39. The second-order valence-corrected chi connectivity index (χ2v) is 5.92. The van der Waals surface area contributed by atoms with Crippen LogP contribution in [0, 0.1) is 5.92 Å². The van der Waals surface area contributed by atoms with Crippen LogP contribution < -0.4 is 9.80 Å². The smallest absolute Gasteiger partial charge is 0.230 e. The van der Waals surface area contributed by atoms with Crippen LogP contribution in [0.5, 0.6) is 0 Å².